The van der Waals surface area contributed by atoms with Gasteiger partial charge in [0, 0.05) is 5.92 Å². The Labute approximate surface area is 134 Å². The normalized spacial score (nSPS) is 21.3. The summed E-state index contributed by atoms with van der Waals surface area (Å²) in [5.74, 6) is 1.69. The maximum atomic E-state index is 11.9. The number of nitrogens with one attached hydrogen (secondary N) is 1. The van der Waals surface area contributed by atoms with Crippen molar-refractivity contribution < 1.29 is 4.79 Å². The zero-order chi connectivity index (χ0) is 14.8. The molecule has 0 saturated heterocycles. The van der Waals surface area contributed by atoms with E-state index in [0.29, 0.717) is 11.7 Å². The van der Waals surface area contributed by atoms with E-state index in [-0.39, 0.29) is 11.9 Å². The van der Waals surface area contributed by atoms with Crippen molar-refractivity contribution in [3.8, 4) is 0 Å². The van der Waals surface area contributed by atoms with Gasteiger partial charge in [0.05, 0.1) is 11.8 Å². The van der Waals surface area contributed by atoms with Crippen LogP contribution in [0.2, 0.25) is 0 Å². The average Bonchev–Trinajstić information content (AvgIpc) is 2.97. The highest BCUT2D eigenvalue weighted by molar-refractivity contribution is 7.99. The van der Waals surface area contributed by atoms with Crippen LogP contribution in [0.25, 0.3) is 0 Å². The Bertz CT molecular complexity index is 493. The van der Waals surface area contributed by atoms with Gasteiger partial charge in [-0.15, -0.1) is 23.2 Å². The van der Waals surface area contributed by atoms with Gasteiger partial charge >= 0.3 is 0 Å². The van der Waals surface area contributed by atoms with E-state index >= 15 is 0 Å². The number of carbonyl (C=O) groups excluding carboxylic acids is 1. The lowest BCUT2D eigenvalue weighted by atomic mass is 10.0. The van der Waals surface area contributed by atoms with Gasteiger partial charge in [-0.05, 0) is 37.1 Å². The lowest BCUT2D eigenvalue weighted by Crippen LogP contribution is -2.28. The van der Waals surface area contributed by atoms with Gasteiger partial charge in [0.1, 0.15) is 4.33 Å². The van der Waals surface area contributed by atoms with Gasteiger partial charge in [-0.3, -0.25) is 4.79 Å². The second-order valence-corrected chi connectivity index (χ2v) is 7.90. The third-order valence-electron chi connectivity index (χ3n) is 3.54. The van der Waals surface area contributed by atoms with Gasteiger partial charge in [0.25, 0.3) is 0 Å². The van der Waals surface area contributed by atoms with Crippen LogP contribution in [0.3, 0.4) is 0 Å². The molecule has 1 N–H and O–H groups in total. The van der Waals surface area contributed by atoms with Crippen LogP contribution in [-0.4, -0.2) is 21.7 Å². The van der Waals surface area contributed by atoms with Crippen molar-refractivity contribution in [1.82, 2.24) is 5.32 Å². The summed E-state index contributed by atoms with van der Waals surface area (Å²) in [7, 11) is 0. The van der Waals surface area contributed by atoms with E-state index < -0.39 is 4.33 Å². The lowest BCUT2D eigenvalue weighted by molar-refractivity contribution is -0.119. The van der Waals surface area contributed by atoms with Crippen LogP contribution in [-0.2, 0) is 4.79 Å². The number of aryl methyl sites for hydroxylation is 1. The Morgan fingerprint density at radius 2 is 2.15 bits per heavy atom. The predicted octanol–water partition coefficient (Wildman–Crippen LogP) is 4.10. The molecule has 1 aromatic carbocycles. The fourth-order valence-electron chi connectivity index (χ4n) is 2.18. The Hall–Kier alpha value is -0.380. The largest absolute Gasteiger partial charge is 0.349 e. The van der Waals surface area contributed by atoms with Gasteiger partial charge in [-0.25, -0.2) is 0 Å². The predicted molar refractivity (Wildman–Crippen MR) is 87.6 cm³/mol. The third kappa shape index (κ3) is 4.31. The number of halogens is 2. The van der Waals surface area contributed by atoms with Gasteiger partial charge in [-0.2, -0.15) is 11.8 Å². The van der Waals surface area contributed by atoms with Crippen LogP contribution in [0.5, 0.6) is 0 Å². The first kappa shape index (κ1) is 16.0. The van der Waals surface area contributed by atoms with Crippen LogP contribution in [0.4, 0.5) is 0 Å². The van der Waals surface area contributed by atoms with E-state index in [1.165, 1.54) is 5.56 Å². The van der Waals surface area contributed by atoms with Crippen LogP contribution in [0, 0.1) is 12.8 Å². The van der Waals surface area contributed by atoms with E-state index in [1.54, 1.807) is 11.8 Å². The molecule has 2 nitrogen and oxygen atoms in total. The number of carbonyl (C=O) groups is 1. The average molecular weight is 332 g/mol. The fourth-order valence-corrected chi connectivity index (χ4v) is 3.96. The zero-order valence-electron chi connectivity index (χ0n) is 11.7. The summed E-state index contributed by atoms with van der Waals surface area (Å²) < 4.78 is -0.544. The molecule has 1 aliphatic rings. The third-order valence-corrected chi connectivity index (χ3v) is 5.57. The van der Waals surface area contributed by atoms with Gasteiger partial charge < -0.3 is 5.32 Å². The molecule has 1 saturated carbocycles. The molecule has 20 heavy (non-hydrogen) atoms. The second-order valence-electron chi connectivity index (χ2n) is 5.32. The molecule has 2 atom stereocenters. The standard InChI is InChI=1S/C15H19Cl2NOS/c1-10-5-3-4-6-13(10)11(2)18-14(19)9-20-8-12-7-15(12,16)17/h3-6,11-12H,7-9H2,1-2H3,(H,18,19). The van der Waals surface area contributed by atoms with Crippen molar-refractivity contribution in [2.75, 3.05) is 11.5 Å². The first-order valence-electron chi connectivity index (χ1n) is 6.70. The molecule has 1 aliphatic carbocycles. The smallest absolute Gasteiger partial charge is 0.230 e. The Morgan fingerprint density at radius 1 is 1.50 bits per heavy atom. The summed E-state index contributed by atoms with van der Waals surface area (Å²) in [6.07, 6.45) is 0.838. The Morgan fingerprint density at radius 3 is 2.75 bits per heavy atom. The molecule has 0 aromatic heterocycles. The fraction of sp³-hybridized carbons (Fsp3) is 0.533. The number of alkyl halides is 2. The topological polar surface area (TPSA) is 29.1 Å². The van der Waals surface area contributed by atoms with Crippen molar-refractivity contribution >= 4 is 40.9 Å². The zero-order valence-corrected chi connectivity index (χ0v) is 14.0. The summed E-state index contributed by atoms with van der Waals surface area (Å²) in [5, 5.41) is 3.03. The minimum atomic E-state index is -0.544. The van der Waals surface area contributed by atoms with Crippen molar-refractivity contribution in [3.05, 3.63) is 35.4 Å². The number of benzene rings is 1. The summed E-state index contributed by atoms with van der Waals surface area (Å²) in [6, 6.07) is 8.13. The molecule has 5 heteroatoms. The lowest BCUT2D eigenvalue weighted by Gasteiger charge is -2.16. The van der Waals surface area contributed by atoms with E-state index in [4.69, 9.17) is 23.2 Å². The summed E-state index contributed by atoms with van der Waals surface area (Å²) in [6.45, 7) is 4.06. The molecule has 1 amide bonds. The molecule has 0 radical (unpaired) electrons. The van der Waals surface area contributed by atoms with Gasteiger partial charge in [0.15, 0.2) is 0 Å². The van der Waals surface area contributed by atoms with E-state index in [9.17, 15) is 4.79 Å². The minimum Gasteiger partial charge on any atom is -0.349 e. The number of rotatable bonds is 6. The number of hydrogen-bond acceptors (Lipinski definition) is 2. The summed E-state index contributed by atoms with van der Waals surface area (Å²) in [4.78, 5) is 11.9. The van der Waals surface area contributed by atoms with Crippen molar-refractivity contribution in [2.45, 2.75) is 30.6 Å². The molecule has 2 rings (SSSR count). The van der Waals surface area contributed by atoms with Crippen LogP contribution < -0.4 is 5.32 Å². The van der Waals surface area contributed by atoms with Crippen LogP contribution in [0.1, 0.15) is 30.5 Å². The van der Waals surface area contributed by atoms with Gasteiger partial charge in [0.2, 0.25) is 5.91 Å². The molecular weight excluding hydrogens is 313 g/mol. The minimum absolute atomic E-state index is 0.0327. The SMILES string of the molecule is Cc1ccccc1C(C)NC(=O)CSCC1CC1(Cl)Cl. The van der Waals surface area contributed by atoms with Crippen LogP contribution >= 0.6 is 35.0 Å². The molecule has 1 aromatic rings. The molecule has 2 unspecified atom stereocenters. The number of amides is 1. The number of hydrogen-bond donors (Lipinski definition) is 1. The highest BCUT2D eigenvalue weighted by Gasteiger charge is 2.51. The molecule has 0 aliphatic heterocycles. The quantitative estimate of drug-likeness (QED) is 0.795. The first-order valence-corrected chi connectivity index (χ1v) is 8.61. The molecule has 110 valence electrons. The van der Waals surface area contributed by atoms with E-state index in [0.717, 1.165) is 17.7 Å². The molecule has 0 bridgehead atoms. The molecule has 0 spiro atoms. The maximum absolute atomic E-state index is 11.9. The van der Waals surface area contributed by atoms with Crippen molar-refractivity contribution in [1.29, 1.82) is 0 Å². The van der Waals surface area contributed by atoms with E-state index in [1.807, 2.05) is 25.1 Å². The maximum Gasteiger partial charge on any atom is 0.230 e. The van der Waals surface area contributed by atoms with Gasteiger partial charge in [-0.1, -0.05) is 24.3 Å². The highest BCUT2D eigenvalue weighted by atomic mass is 35.5. The number of thioether (sulfide) groups is 1. The molecule has 1 fully saturated rings. The first-order chi connectivity index (χ1) is 9.40. The monoisotopic (exact) mass is 331 g/mol. The second kappa shape index (κ2) is 6.59. The van der Waals surface area contributed by atoms with E-state index in [2.05, 4.69) is 18.3 Å². The Kier molecular flexibility index (Phi) is 5.27. The molecular formula is C15H19Cl2NOS. The summed E-state index contributed by atoms with van der Waals surface area (Å²) >= 11 is 13.5. The Balaban J connectivity index is 1.73. The summed E-state index contributed by atoms with van der Waals surface area (Å²) in [5.41, 5.74) is 2.36. The molecule has 0 heterocycles. The van der Waals surface area contributed by atoms with Crippen LogP contribution in [0.15, 0.2) is 24.3 Å². The van der Waals surface area contributed by atoms with Crippen molar-refractivity contribution in [2.24, 2.45) is 5.92 Å². The highest BCUT2D eigenvalue weighted by Crippen LogP contribution is 2.54. The van der Waals surface area contributed by atoms with Crippen molar-refractivity contribution in [3.63, 3.8) is 0 Å².